The number of nitrogens with zero attached hydrogens (tertiary/aromatic N) is 3. The third-order valence-electron chi connectivity index (χ3n) is 3.41. The number of carbonyl (C=O) groups excluding carboxylic acids is 1. The molecule has 0 saturated heterocycles. The average molecular weight is 469 g/mol. The molecule has 0 aliphatic rings. The van der Waals surface area contributed by atoms with E-state index < -0.39 is 33.8 Å². The van der Waals surface area contributed by atoms with Gasteiger partial charge >= 0.3 is 5.69 Å². The molecule has 1 amide bonds. The zero-order valence-corrected chi connectivity index (χ0v) is 16.3. The SMILES string of the molecule is COc1c(O)ccc(C=NNC(=O)COc2ccc([N+](=O)[O-])cc2Br)c1[N+](=O)[O-]. The molecule has 0 bridgehead atoms. The Morgan fingerprint density at radius 2 is 2.00 bits per heavy atom. The Morgan fingerprint density at radius 3 is 2.59 bits per heavy atom. The van der Waals surface area contributed by atoms with Crippen LogP contribution in [0.1, 0.15) is 5.56 Å². The molecule has 2 N–H and O–H groups in total. The van der Waals surface area contributed by atoms with Gasteiger partial charge in [-0.05, 0) is 34.1 Å². The van der Waals surface area contributed by atoms with Crippen molar-refractivity contribution in [3.05, 3.63) is 60.6 Å². The Kier molecular flexibility index (Phi) is 7.03. The zero-order chi connectivity index (χ0) is 21.6. The van der Waals surface area contributed by atoms with Gasteiger partial charge < -0.3 is 14.6 Å². The molecule has 2 rings (SSSR count). The lowest BCUT2D eigenvalue weighted by Gasteiger charge is -2.07. The number of amides is 1. The molecule has 2 aromatic rings. The first-order valence-electron chi connectivity index (χ1n) is 7.67. The van der Waals surface area contributed by atoms with Crippen LogP contribution in [0.2, 0.25) is 0 Å². The number of hydrogen-bond acceptors (Lipinski definition) is 9. The van der Waals surface area contributed by atoms with Gasteiger partial charge in [-0.2, -0.15) is 5.10 Å². The Morgan fingerprint density at radius 1 is 1.28 bits per heavy atom. The van der Waals surface area contributed by atoms with Crippen molar-refractivity contribution >= 4 is 39.4 Å². The highest BCUT2D eigenvalue weighted by molar-refractivity contribution is 9.10. The van der Waals surface area contributed by atoms with Gasteiger partial charge in [0.1, 0.15) is 5.75 Å². The topological polar surface area (TPSA) is 166 Å². The number of hydrazone groups is 1. The fourth-order valence-electron chi connectivity index (χ4n) is 2.14. The normalized spacial score (nSPS) is 10.6. The number of rotatable bonds is 8. The average Bonchev–Trinajstić information content (AvgIpc) is 2.67. The molecule has 0 saturated carbocycles. The summed E-state index contributed by atoms with van der Waals surface area (Å²) >= 11 is 3.10. The van der Waals surface area contributed by atoms with Gasteiger partial charge in [0.2, 0.25) is 5.75 Å². The van der Waals surface area contributed by atoms with Crippen LogP contribution in [0.3, 0.4) is 0 Å². The maximum absolute atomic E-state index is 11.8. The summed E-state index contributed by atoms with van der Waals surface area (Å²) in [5.74, 6) is -1.23. The van der Waals surface area contributed by atoms with E-state index in [4.69, 9.17) is 9.47 Å². The number of phenols is 1. The number of non-ortho nitro benzene ring substituents is 1. The van der Waals surface area contributed by atoms with Crippen LogP contribution in [-0.4, -0.2) is 40.8 Å². The van der Waals surface area contributed by atoms with Gasteiger partial charge in [-0.3, -0.25) is 25.0 Å². The number of hydrogen-bond donors (Lipinski definition) is 2. The van der Waals surface area contributed by atoms with Crippen LogP contribution < -0.4 is 14.9 Å². The first-order chi connectivity index (χ1) is 13.7. The van der Waals surface area contributed by atoms with Gasteiger partial charge in [0.15, 0.2) is 12.4 Å². The van der Waals surface area contributed by atoms with Crippen LogP contribution in [-0.2, 0) is 4.79 Å². The molecule has 12 nitrogen and oxygen atoms in total. The van der Waals surface area contributed by atoms with Crippen LogP contribution in [0.15, 0.2) is 39.9 Å². The second-order valence-electron chi connectivity index (χ2n) is 5.27. The fourth-order valence-corrected chi connectivity index (χ4v) is 2.62. The molecule has 0 unspecified atom stereocenters. The van der Waals surface area contributed by atoms with Crippen molar-refractivity contribution < 1.29 is 29.2 Å². The minimum absolute atomic E-state index is 0.0102. The molecular formula is C16H13BrN4O8. The van der Waals surface area contributed by atoms with E-state index in [1.165, 1.54) is 37.4 Å². The summed E-state index contributed by atoms with van der Waals surface area (Å²) in [6, 6.07) is 6.18. The number of phenolic OH excluding ortho intramolecular Hbond substituents is 1. The first kappa shape index (κ1) is 21.6. The van der Waals surface area contributed by atoms with Gasteiger partial charge in [0.05, 0.1) is 33.2 Å². The summed E-state index contributed by atoms with van der Waals surface area (Å²) in [6.07, 6.45) is 1.01. The number of nitro benzene ring substituents is 2. The molecule has 0 aliphatic heterocycles. The number of halogens is 1. The van der Waals surface area contributed by atoms with E-state index >= 15 is 0 Å². The van der Waals surface area contributed by atoms with Crippen LogP contribution in [0, 0.1) is 20.2 Å². The molecule has 0 aromatic heterocycles. The molecule has 0 atom stereocenters. The Labute approximate surface area is 171 Å². The summed E-state index contributed by atoms with van der Waals surface area (Å²) in [5.41, 5.74) is 1.45. The predicted octanol–water partition coefficient (Wildman–Crippen LogP) is 2.51. The molecular weight excluding hydrogens is 456 g/mol. The van der Waals surface area contributed by atoms with Crippen LogP contribution >= 0.6 is 15.9 Å². The van der Waals surface area contributed by atoms with E-state index in [0.717, 1.165) is 6.21 Å². The van der Waals surface area contributed by atoms with E-state index in [2.05, 4.69) is 26.5 Å². The monoisotopic (exact) mass is 468 g/mol. The fraction of sp³-hybridized carbons (Fsp3) is 0.125. The number of benzene rings is 2. The number of methoxy groups -OCH3 is 1. The smallest absolute Gasteiger partial charge is 0.323 e. The lowest BCUT2D eigenvalue weighted by molar-refractivity contribution is -0.386. The van der Waals surface area contributed by atoms with Gasteiger partial charge in [-0.15, -0.1) is 0 Å². The molecule has 152 valence electrons. The largest absolute Gasteiger partial charge is 0.504 e. The minimum Gasteiger partial charge on any atom is -0.504 e. The van der Waals surface area contributed by atoms with Crippen molar-refractivity contribution in [2.75, 3.05) is 13.7 Å². The second-order valence-corrected chi connectivity index (χ2v) is 6.12. The maximum Gasteiger partial charge on any atom is 0.323 e. The highest BCUT2D eigenvalue weighted by atomic mass is 79.9. The van der Waals surface area contributed by atoms with E-state index in [-0.39, 0.29) is 27.2 Å². The number of nitrogens with one attached hydrogen (secondary N) is 1. The van der Waals surface area contributed by atoms with Crippen molar-refractivity contribution in [1.82, 2.24) is 5.43 Å². The quantitative estimate of drug-likeness (QED) is 0.338. The number of nitro groups is 2. The predicted molar refractivity (Wildman–Crippen MR) is 103 cm³/mol. The summed E-state index contributed by atoms with van der Waals surface area (Å²) in [7, 11) is 1.17. The Hall–Kier alpha value is -3.74. The molecule has 13 heteroatoms. The Balaban J connectivity index is 2.02. The molecule has 29 heavy (non-hydrogen) atoms. The van der Waals surface area contributed by atoms with E-state index in [0.29, 0.717) is 0 Å². The first-order valence-corrected chi connectivity index (χ1v) is 8.47. The van der Waals surface area contributed by atoms with Crippen molar-refractivity contribution in [1.29, 1.82) is 0 Å². The van der Waals surface area contributed by atoms with Crippen molar-refractivity contribution in [2.45, 2.75) is 0 Å². The molecule has 0 radical (unpaired) electrons. The molecule has 2 aromatic carbocycles. The van der Waals surface area contributed by atoms with Crippen molar-refractivity contribution in [2.24, 2.45) is 5.10 Å². The highest BCUT2D eigenvalue weighted by Crippen LogP contribution is 2.37. The third-order valence-corrected chi connectivity index (χ3v) is 4.03. The van der Waals surface area contributed by atoms with Crippen LogP contribution in [0.5, 0.6) is 17.2 Å². The minimum atomic E-state index is -0.753. The van der Waals surface area contributed by atoms with Crippen molar-refractivity contribution in [3.8, 4) is 17.2 Å². The second kappa shape index (κ2) is 9.45. The highest BCUT2D eigenvalue weighted by Gasteiger charge is 2.23. The summed E-state index contributed by atoms with van der Waals surface area (Å²) in [5, 5.41) is 35.1. The maximum atomic E-state index is 11.8. The lowest BCUT2D eigenvalue weighted by atomic mass is 10.1. The lowest BCUT2D eigenvalue weighted by Crippen LogP contribution is -2.24. The molecule has 0 fully saturated rings. The van der Waals surface area contributed by atoms with E-state index in [9.17, 15) is 30.1 Å². The number of ether oxygens (including phenoxy) is 2. The number of aromatic hydroxyl groups is 1. The summed E-state index contributed by atoms with van der Waals surface area (Å²) in [4.78, 5) is 32.4. The molecule has 0 spiro atoms. The number of carbonyl (C=O) groups is 1. The zero-order valence-electron chi connectivity index (χ0n) is 14.7. The Bertz CT molecular complexity index is 995. The van der Waals surface area contributed by atoms with E-state index in [1.807, 2.05) is 0 Å². The van der Waals surface area contributed by atoms with Gasteiger partial charge in [0, 0.05) is 12.1 Å². The summed E-state index contributed by atoms with van der Waals surface area (Å²) < 4.78 is 10.3. The van der Waals surface area contributed by atoms with Crippen molar-refractivity contribution in [3.63, 3.8) is 0 Å². The standard InChI is InChI=1S/C16H13BrN4O8/c1-28-16-12(22)4-2-9(15(16)21(26)27)7-18-19-14(23)8-29-13-5-3-10(20(24)25)6-11(13)17/h2-7,22H,8H2,1H3,(H,19,23). The molecule has 0 heterocycles. The molecule has 0 aliphatic carbocycles. The van der Waals surface area contributed by atoms with E-state index in [1.54, 1.807) is 0 Å². The summed E-state index contributed by atoms with van der Waals surface area (Å²) in [6.45, 7) is -0.464. The third kappa shape index (κ3) is 5.38. The van der Waals surface area contributed by atoms with Gasteiger partial charge in [-0.1, -0.05) is 0 Å². The van der Waals surface area contributed by atoms with Gasteiger partial charge in [-0.25, -0.2) is 5.43 Å². The van der Waals surface area contributed by atoms with Crippen LogP contribution in [0.4, 0.5) is 11.4 Å². The van der Waals surface area contributed by atoms with Crippen LogP contribution in [0.25, 0.3) is 0 Å². The van der Waals surface area contributed by atoms with Gasteiger partial charge in [0.25, 0.3) is 11.6 Å².